The first-order valence-corrected chi connectivity index (χ1v) is 3.44. The molecule has 1 heterocycles. The molecule has 0 radical (unpaired) electrons. The molecule has 0 aliphatic carbocycles. The molecule has 1 unspecified atom stereocenters. The van der Waals surface area contributed by atoms with Gasteiger partial charge in [-0.15, -0.1) is 0 Å². The molecule has 54 valence electrons. The molecule has 1 aliphatic heterocycles. The van der Waals surface area contributed by atoms with Gasteiger partial charge in [-0.05, 0) is 19.9 Å². The molecule has 0 aromatic rings. The maximum absolute atomic E-state index is 9.00. The lowest BCUT2D eigenvalue weighted by Crippen LogP contribution is -2.42. The van der Waals surface area contributed by atoms with Gasteiger partial charge in [-0.25, -0.2) is 0 Å². The monoisotopic (exact) mass is 130 g/mol. The number of hydrogen-bond donors (Lipinski definition) is 2. The van der Waals surface area contributed by atoms with Crippen molar-refractivity contribution in [3.63, 3.8) is 0 Å². The van der Waals surface area contributed by atoms with Gasteiger partial charge in [-0.1, -0.05) is 0 Å². The van der Waals surface area contributed by atoms with Crippen molar-refractivity contribution in [3.8, 4) is 0 Å². The second kappa shape index (κ2) is 3.15. The summed E-state index contributed by atoms with van der Waals surface area (Å²) in [5.41, 5.74) is 0. The summed E-state index contributed by atoms with van der Waals surface area (Å²) in [6.07, 6.45) is 2.29. The Kier molecular flexibility index (Phi) is 2.45. The number of hydroxylamine groups is 2. The van der Waals surface area contributed by atoms with Crippen molar-refractivity contribution in [3.05, 3.63) is 0 Å². The normalized spacial score (nSPS) is 30.7. The van der Waals surface area contributed by atoms with Crippen molar-refractivity contribution >= 4 is 0 Å². The minimum Gasteiger partial charge on any atom is -0.316 e. The molecule has 0 aromatic carbocycles. The maximum Gasteiger partial charge on any atom is 0.0392 e. The van der Waals surface area contributed by atoms with Gasteiger partial charge >= 0.3 is 0 Å². The van der Waals surface area contributed by atoms with E-state index in [4.69, 9.17) is 5.21 Å². The standard InChI is InChI=1S/C6H14N2O/c1-7-6-3-2-4-8(9)5-6/h6-7,9H,2-5H2,1H3. The summed E-state index contributed by atoms with van der Waals surface area (Å²) in [6, 6.07) is 0.490. The van der Waals surface area contributed by atoms with E-state index in [1.54, 1.807) is 0 Å². The third-order valence-electron chi connectivity index (χ3n) is 1.81. The molecular weight excluding hydrogens is 116 g/mol. The van der Waals surface area contributed by atoms with Crippen LogP contribution < -0.4 is 5.32 Å². The van der Waals surface area contributed by atoms with Crippen LogP contribution in [0.4, 0.5) is 0 Å². The number of likely N-dealkylation sites (N-methyl/N-ethyl adjacent to an activating group) is 1. The smallest absolute Gasteiger partial charge is 0.0392 e. The van der Waals surface area contributed by atoms with Crippen molar-refractivity contribution in [1.82, 2.24) is 10.4 Å². The fourth-order valence-corrected chi connectivity index (χ4v) is 1.19. The van der Waals surface area contributed by atoms with Crippen LogP contribution in [0.5, 0.6) is 0 Å². The molecule has 0 bridgehead atoms. The average molecular weight is 130 g/mol. The van der Waals surface area contributed by atoms with Crippen molar-refractivity contribution in [1.29, 1.82) is 0 Å². The zero-order valence-electron chi connectivity index (χ0n) is 5.80. The summed E-state index contributed by atoms with van der Waals surface area (Å²) >= 11 is 0. The van der Waals surface area contributed by atoms with E-state index in [2.05, 4.69) is 5.32 Å². The quantitative estimate of drug-likeness (QED) is 0.527. The molecule has 3 heteroatoms. The Morgan fingerprint density at radius 1 is 1.67 bits per heavy atom. The molecule has 2 N–H and O–H groups in total. The van der Waals surface area contributed by atoms with E-state index >= 15 is 0 Å². The first-order chi connectivity index (χ1) is 4.33. The highest BCUT2D eigenvalue weighted by Gasteiger charge is 2.15. The lowest BCUT2D eigenvalue weighted by atomic mass is 10.1. The minimum absolute atomic E-state index is 0.490. The van der Waals surface area contributed by atoms with Crippen LogP contribution in [0.25, 0.3) is 0 Å². The number of hydrogen-bond acceptors (Lipinski definition) is 3. The first kappa shape index (κ1) is 6.99. The SMILES string of the molecule is CNC1CCCN(O)C1. The van der Waals surface area contributed by atoms with Crippen LogP contribution in [0.2, 0.25) is 0 Å². The van der Waals surface area contributed by atoms with Gasteiger partial charge in [0.05, 0.1) is 0 Å². The summed E-state index contributed by atoms with van der Waals surface area (Å²) in [6.45, 7) is 1.61. The van der Waals surface area contributed by atoms with Crippen LogP contribution in [0.1, 0.15) is 12.8 Å². The molecule has 3 nitrogen and oxygen atoms in total. The minimum atomic E-state index is 0.490. The number of nitrogens with one attached hydrogen (secondary N) is 1. The summed E-state index contributed by atoms with van der Waals surface area (Å²) in [5.74, 6) is 0. The fourth-order valence-electron chi connectivity index (χ4n) is 1.19. The molecule has 1 aliphatic rings. The first-order valence-electron chi connectivity index (χ1n) is 3.44. The summed E-state index contributed by atoms with van der Waals surface area (Å²) in [5, 5.41) is 13.5. The van der Waals surface area contributed by atoms with Crippen LogP contribution in [0, 0.1) is 0 Å². The Labute approximate surface area is 55.6 Å². The summed E-state index contributed by atoms with van der Waals surface area (Å²) in [4.78, 5) is 0. The largest absolute Gasteiger partial charge is 0.316 e. The Balaban J connectivity index is 2.23. The van der Waals surface area contributed by atoms with E-state index < -0.39 is 0 Å². The Hall–Kier alpha value is -0.120. The highest BCUT2D eigenvalue weighted by molar-refractivity contribution is 4.71. The Bertz CT molecular complexity index is 87.1. The summed E-state index contributed by atoms with van der Waals surface area (Å²) in [7, 11) is 1.93. The lowest BCUT2D eigenvalue weighted by molar-refractivity contribution is -0.110. The lowest BCUT2D eigenvalue weighted by Gasteiger charge is -2.27. The zero-order chi connectivity index (χ0) is 6.69. The Morgan fingerprint density at radius 2 is 2.44 bits per heavy atom. The van der Waals surface area contributed by atoms with Crippen LogP contribution >= 0.6 is 0 Å². The predicted octanol–water partition coefficient (Wildman–Crippen LogP) is 0.0594. The highest BCUT2D eigenvalue weighted by Crippen LogP contribution is 2.06. The predicted molar refractivity (Wildman–Crippen MR) is 35.4 cm³/mol. The molecule has 0 spiro atoms. The van der Waals surface area contributed by atoms with E-state index in [0.29, 0.717) is 6.04 Å². The van der Waals surface area contributed by atoms with E-state index in [9.17, 15) is 0 Å². The topological polar surface area (TPSA) is 35.5 Å². The molecular formula is C6H14N2O. The molecule has 9 heavy (non-hydrogen) atoms. The van der Waals surface area contributed by atoms with Gasteiger partial charge in [0.1, 0.15) is 0 Å². The second-order valence-corrected chi connectivity index (χ2v) is 2.54. The van der Waals surface area contributed by atoms with Crippen LogP contribution in [0.3, 0.4) is 0 Å². The molecule has 1 atom stereocenters. The van der Waals surface area contributed by atoms with E-state index in [1.165, 1.54) is 11.5 Å². The van der Waals surface area contributed by atoms with E-state index in [0.717, 1.165) is 19.5 Å². The van der Waals surface area contributed by atoms with Crippen LogP contribution in [0.15, 0.2) is 0 Å². The number of nitrogens with zero attached hydrogens (tertiary/aromatic N) is 1. The van der Waals surface area contributed by atoms with Gasteiger partial charge in [0, 0.05) is 19.1 Å². The van der Waals surface area contributed by atoms with Gasteiger partial charge < -0.3 is 10.5 Å². The molecule has 1 fully saturated rings. The van der Waals surface area contributed by atoms with Gasteiger partial charge in [0.25, 0.3) is 0 Å². The van der Waals surface area contributed by atoms with Gasteiger partial charge in [-0.2, -0.15) is 5.06 Å². The number of piperidine rings is 1. The van der Waals surface area contributed by atoms with Crippen molar-refractivity contribution in [2.75, 3.05) is 20.1 Å². The van der Waals surface area contributed by atoms with Crippen molar-refractivity contribution in [2.45, 2.75) is 18.9 Å². The third-order valence-corrected chi connectivity index (χ3v) is 1.81. The van der Waals surface area contributed by atoms with Crippen LogP contribution in [-0.4, -0.2) is 36.4 Å². The van der Waals surface area contributed by atoms with Gasteiger partial charge in [0.2, 0.25) is 0 Å². The zero-order valence-corrected chi connectivity index (χ0v) is 5.80. The fraction of sp³-hybridized carbons (Fsp3) is 1.00. The third kappa shape index (κ3) is 1.93. The van der Waals surface area contributed by atoms with E-state index in [1.807, 2.05) is 7.05 Å². The Morgan fingerprint density at radius 3 is 2.89 bits per heavy atom. The highest BCUT2D eigenvalue weighted by atomic mass is 16.5. The van der Waals surface area contributed by atoms with Crippen LogP contribution in [-0.2, 0) is 0 Å². The van der Waals surface area contributed by atoms with Crippen molar-refractivity contribution < 1.29 is 5.21 Å². The molecule has 0 aromatic heterocycles. The van der Waals surface area contributed by atoms with Gasteiger partial charge in [-0.3, -0.25) is 0 Å². The van der Waals surface area contributed by atoms with E-state index in [-0.39, 0.29) is 0 Å². The molecule has 1 saturated heterocycles. The van der Waals surface area contributed by atoms with Crippen molar-refractivity contribution in [2.24, 2.45) is 0 Å². The average Bonchev–Trinajstić information content (AvgIpc) is 1.88. The molecule has 0 amide bonds. The molecule has 1 rings (SSSR count). The maximum atomic E-state index is 9.00. The number of rotatable bonds is 1. The second-order valence-electron chi connectivity index (χ2n) is 2.54. The van der Waals surface area contributed by atoms with Gasteiger partial charge in [0.15, 0.2) is 0 Å². The molecule has 0 saturated carbocycles. The summed E-state index contributed by atoms with van der Waals surface area (Å²) < 4.78 is 0.